The van der Waals surface area contributed by atoms with E-state index in [2.05, 4.69) is 22.3 Å². The minimum absolute atomic E-state index is 0.0676. The van der Waals surface area contributed by atoms with Gasteiger partial charge >= 0.3 is 0 Å². The fraction of sp³-hybridized carbons (Fsp3) is 0.412. The molecule has 1 aliphatic rings. The van der Waals surface area contributed by atoms with Crippen molar-refractivity contribution in [1.29, 1.82) is 0 Å². The largest absolute Gasteiger partial charge is 0.392 e. The molecule has 2 atom stereocenters. The fourth-order valence-corrected chi connectivity index (χ4v) is 3.28. The lowest BCUT2D eigenvalue weighted by Crippen LogP contribution is -2.39. The zero-order valence-corrected chi connectivity index (χ0v) is 14.3. The van der Waals surface area contributed by atoms with Crippen LogP contribution in [0.25, 0.3) is 4.91 Å². The van der Waals surface area contributed by atoms with E-state index in [9.17, 15) is 9.90 Å². The third kappa shape index (κ3) is 4.67. The number of carbonyl (C=O) groups is 1. The van der Waals surface area contributed by atoms with Crippen LogP contribution in [0.1, 0.15) is 24.5 Å². The molecule has 1 unspecified atom stereocenters. The first-order chi connectivity index (χ1) is 11.0. The van der Waals surface area contributed by atoms with E-state index >= 15 is 0 Å². The summed E-state index contributed by atoms with van der Waals surface area (Å²) in [4.78, 5) is 17.1. The molecule has 5 nitrogen and oxygen atoms in total. The number of amides is 1. The number of aliphatic hydroxyl groups is 1. The molecule has 2 rings (SSSR count). The molecular formula is C17H23N3O2S. The summed E-state index contributed by atoms with van der Waals surface area (Å²) < 4.78 is 0. The molecule has 0 saturated carbocycles. The molecule has 1 aromatic carbocycles. The van der Waals surface area contributed by atoms with Gasteiger partial charge in [0.05, 0.1) is 17.8 Å². The smallest absolute Gasteiger partial charge is 0.237 e. The Hall–Kier alpha value is -1.63. The standard InChI is InChI=1S/C17H23N3O2S/c1-11(18-2)16(23-3)13-6-4-12(5-7-13)9-20-17(22)15-8-14(21)10-19-15/h4-7,14-15,19,21H,2,8-10H2,1,3H3,(H,20,22)/b16-11-/t14?,15-/m0/s1. The van der Waals surface area contributed by atoms with Gasteiger partial charge < -0.3 is 15.7 Å². The van der Waals surface area contributed by atoms with Crippen LogP contribution in [-0.2, 0) is 11.3 Å². The van der Waals surface area contributed by atoms with Crippen molar-refractivity contribution in [1.82, 2.24) is 10.6 Å². The van der Waals surface area contributed by atoms with Crippen molar-refractivity contribution in [3.8, 4) is 0 Å². The summed E-state index contributed by atoms with van der Waals surface area (Å²) in [6, 6.07) is 7.76. The Morgan fingerprint density at radius 2 is 2.17 bits per heavy atom. The second kappa shape index (κ2) is 8.29. The van der Waals surface area contributed by atoms with E-state index in [1.54, 1.807) is 11.8 Å². The van der Waals surface area contributed by atoms with Crippen molar-refractivity contribution >= 4 is 29.3 Å². The monoisotopic (exact) mass is 333 g/mol. The Morgan fingerprint density at radius 1 is 1.48 bits per heavy atom. The molecule has 0 aliphatic carbocycles. The van der Waals surface area contributed by atoms with Gasteiger partial charge in [-0.2, -0.15) is 0 Å². The number of rotatable bonds is 6. The molecule has 0 radical (unpaired) electrons. The Bertz CT molecular complexity index is 598. The van der Waals surface area contributed by atoms with E-state index in [0.717, 1.165) is 21.7 Å². The Morgan fingerprint density at radius 3 is 2.70 bits per heavy atom. The Kier molecular flexibility index (Phi) is 6.38. The highest BCUT2D eigenvalue weighted by Gasteiger charge is 2.27. The van der Waals surface area contributed by atoms with Gasteiger partial charge in [0, 0.05) is 18.0 Å². The molecule has 124 valence electrons. The number of nitrogens with zero attached hydrogens (tertiary/aromatic N) is 1. The maximum absolute atomic E-state index is 12.0. The average Bonchev–Trinajstić information content (AvgIpc) is 3.00. The molecule has 0 aromatic heterocycles. The second-order valence-electron chi connectivity index (χ2n) is 5.54. The summed E-state index contributed by atoms with van der Waals surface area (Å²) in [5, 5.41) is 15.3. The lowest BCUT2D eigenvalue weighted by Gasteiger charge is -2.12. The summed E-state index contributed by atoms with van der Waals surface area (Å²) in [6.07, 6.45) is 2.06. The topological polar surface area (TPSA) is 73.7 Å². The van der Waals surface area contributed by atoms with Gasteiger partial charge in [-0.3, -0.25) is 9.79 Å². The SMILES string of the molecule is C=N/C(C)=C(\SC)c1ccc(CNC(=O)[C@@H]2CC(O)CN2)cc1. The molecule has 1 amide bonds. The molecule has 0 spiro atoms. The third-order valence-corrected chi connectivity index (χ3v) is 4.82. The Balaban J connectivity index is 1.95. The molecular weight excluding hydrogens is 310 g/mol. The number of nitrogens with one attached hydrogen (secondary N) is 2. The number of β-amino-alcohol motifs (C(OH)–C–C–N with tert-alkyl or cyclic N) is 1. The van der Waals surface area contributed by atoms with Crippen molar-refractivity contribution < 1.29 is 9.90 Å². The van der Waals surface area contributed by atoms with Crippen LogP contribution < -0.4 is 10.6 Å². The quantitative estimate of drug-likeness (QED) is 0.694. The van der Waals surface area contributed by atoms with E-state index in [0.29, 0.717) is 19.5 Å². The number of hydrogen-bond donors (Lipinski definition) is 3. The summed E-state index contributed by atoms with van der Waals surface area (Å²) in [5.41, 5.74) is 3.03. The first-order valence-corrected chi connectivity index (χ1v) is 8.77. The molecule has 23 heavy (non-hydrogen) atoms. The number of allylic oxidation sites excluding steroid dienone is 1. The summed E-state index contributed by atoms with van der Waals surface area (Å²) in [5.74, 6) is -0.0676. The maximum Gasteiger partial charge on any atom is 0.237 e. The predicted octanol–water partition coefficient (Wildman–Crippen LogP) is 1.78. The van der Waals surface area contributed by atoms with E-state index in [4.69, 9.17) is 0 Å². The molecule has 1 fully saturated rings. The fourth-order valence-electron chi connectivity index (χ4n) is 2.55. The second-order valence-corrected chi connectivity index (χ2v) is 6.36. The number of thioether (sulfide) groups is 1. The number of benzene rings is 1. The third-order valence-electron chi connectivity index (χ3n) is 3.88. The van der Waals surface area contributed by atoms with Gasteiger partial charge in [0.2, 0.25) is 5.91 Å². The lowest BCUT2D eigenvalue weighted by molar-refractivity contribution is -0.123. The molecule has 6 heteroatoms. The van der Waals surface area contributed by atoms with E-state index < -0.39 is 6.10 Å². The van der Waals surface area contributed by atoms with Crippen molar-refractivity contribution in [3.05, 3.63) is 41.1 Å². The van der Waals surface area contributed by atoms with Gasteiger partial charge in [0.1, 0.15) is 0 Å². The van der Waals surface area contributed by atoms with E-state index in [-0.39, 0.29) is 11.9 Å². The molecule has 1 saturated heterocycles. The van der Waals surface area contributed by atoms with Gasteiger partial charge in [-0.15, -0.1) is 11.8 Å². The van der Waals surface area contributed by atoms with Crippen molar-refractivity contribution in [3.63, 3.8) is 0 Å². The first kappa shape index (κ1) is 17.7. The molecule has 0 bridgehead atoms. The molecule has 1 aliphatic heterocycles. The maximum atomic E-state index is 12.0. The summed E-state index contributed by atoms with van der Waals surface area (Å²) >= 11 is 1.64. The number of aliphatic imine (C=N–C) groups is 1. The zero-order chi connectivity index (χ0) is 16.8. The van der Waals surface area contributed by atoms with E-state index in [1.807, 2.05) is 37.4 Å². The summed E-state index contributed by atoms with van der Waals surface area (Å²) in [7, 11) is 0. The average molecular weight is 333 g/mol. The Labute approximate surface area is 141 Å². The zero-order valence-electron chi connectivity index (χ0n) is 13.5. The normalized spacial score (nSPS) is 21.7. The number of aliphatic hydroxyl groups excluding tert-OH is 1. The number of carbonyl (C=O) groups excluding carboxylic acids is 1. The van der Waals surface area contributed by atoms with Gasteiger partial charge in [0.25, 0.3) is 0 Å². The van der Waals surface area contributed by atoms with Crippen LogP contribution in [0.2, 0.25) is 0 Å². The van der Waals surface area contributed by atoms with Crippen LogP contribution in [-0.4, -0.2) is 42.7 Å². The van der Waals surface area contributed by atoms with Gasteiger partial charge in [-0.05, 0) is 37.4 Å². The molecule has 3 N–H and O–H groups in total. The highest BCUT2D eigenvalue weighted by molar-refractivity contribution is 8.07. The minimum atomic E-state index is -0.427. The van der Waals surface area contributed by atoms with Crippen LogP contribution >= 0.6 is 11.8 Å². The van der Waals surface area contributed by atoms with Crippen molar-refractivity contribution in [2.24, 2.45) is 4.99 Å². The molecule has 1 heterocycles. The van der Waals surface area contributed by atoms with Crippen LogP contribution in [0, 0.1) is 0 Å². The minimum Gasteiger partial charge on any atom is -0.392 e. The van der Waals surface area contributed by atoms with E-state index in [1.165, 1.54) is 0 Å². The van der Waals surface area contributed by atoms with Gasteiger partial charge in [-0.25, -0.2) is 0 Å². The van der Waals surface area contributed by atoms with Crippen LogP contribution in [0.15, 0.2) is 35.0 Å². The summed E-state index contributed by atoms with van der Waals surface area (Å²) in [6.45, 7) is 6.47. The van der Waals surface area contributed by atoms with Crippen LogP contribution in [0.5, 0.6) is 0 Å². The lowest BCUT2D eigenvalue weighted by atomic mass is 10.1. The van der Waals surface area contributed by atoms with Crippen LogP contribution in [0.3, 0.4) is 0 Å². The van der Waals surface area contributed by atoms with Crippen LogP contribution in [0.4, 0.5) is 0 Å². The highest BCUT2D eigenvalue weighted by atomic mass is 32.2. The van der Waals surface area contributed by atoms with Gasteiger partial charge in [0.15, 0.2) is 0 Å². The van der Waals surface area contributed by atoms with Crippen molar-refractivity contribution in [2.75, 3.05) is 12.8 Å². The van der Waals surface area contributed by atoms with Crippen molar-refractivity contribution in [2.45, 2.75) is 32.0 Å². The highest BCUT2D eigenvalue weighted by Crippen LogP contribution is 2.29. The van der Waals surface area contributed by atoms with Gasteiger partial charge in [-0.1, -0.05) is 24.3 Å². The molecule has 1 aromatic rings. The number of hydrogen-bond acceptors (Lipinski definition) is 5. The first-order valence-electron chi connectivity index (χ1n) is 7.55. The predicted molar refractivity (Wildman–Crippen MR) is 96.4 cm³/mol.